The molecule has 0 aromatic rings. The zero-order valence-corrected chi connectivity index (χ0v) is 7.05. The van der Waals surface area contributed by atoms with E-state index in [9.17, 15) is 4.79 Å². The number of hydrogen-bond donors (Lipinski definition) is 3. The second kappa shape index (κ2) is 8.09. The molecule has 0 bridgehead atoms. The molecule has 0 aliphatic rings. The maximum atomic E-state index is 10.1. The first kappa shape index (κ1) is 12.5. The highest BCUT2D eigenvalue weighted by Gasteiger charge is 2.11. The van der Waals surface area contributed by atoms with Gasteiger partial charge in [-0.1, -0.05) is 0 Å². The average Bonchev–Trinajstić information content (AvgIpc) is 2.17. The van der Waals surface area contributed by atoms with E-state index in [0.717, 1.165) is 0 Å². The van der Waals surface area contributed by atoms with Gasteiger partial charge in [0.2, 0.25) is 6.29 Å². The molecule has 0 fully saturated rings. The van der Waals surface area contributed by atoms with E-state index >= 15 is 0 Å². The van der Waals surface area contributed by atoms with Gasteiger partial charge in [-0.15, -0.1) is 0 Å². The van der Waals surface area contributed by atoms with Crippen molar-refractivity contribution in [3.05, 3.63) is 0 Å². The van der Waals surface area contributed by atoms with Gasteiger partial charge in [0.05, 0.1) is 26.4 Å². The predicted molar refractivity (Wildman–Crippen MR) is 41.6 cm³/mol. The first-order chi connectivity index (χ1) is 6.24. The second-order valence-electron chi connectivity index (χ2n) is 2.21. The summed E-state index contributed by atoms with van der Waals surface area (Å²) in [5, 5.41) is 25.5. The lowest BCUT2D eigenvalue weighted by Gasteiger charge is -2.13. The Labute approximate surface area is 75.7 Å². The lowest BCUT2D eigenvalue weighted by atomic mass is 10.4. The van der Waals surface area contributed by atoms with E-state index in [2.05, 4.69) is 9.47 Å². The summed E-state index contributed by atoms with van der Waals surface area (Å²) in [5.74, 6) is 0. The third-order valence-electron chi connectivity index (χ3n) is 1.11. The summed E-state index contributed by atoms with van der Waals surface area (Å²) >= 11 is 0. The lowest BCUT2D eigenvalue weighted by molar-refractivity contribution is -0.127. The molecule has 6 heteroatoms. The zero-order valence-electron chi connectivity index (χ0n) is 7.05. The average molecular weight is 193 g/mol. The number of rotatable bonds is 8. The van der Waals surface area contributed by atoms with Crippen molar-refractivity contribution in [2.24, 2.45) is 0 Å². The Kier molecular flexibility index (Phi) is 7.76. The standard InChI is InChI=1S/C7H13O6/c8-1-2-12-7(4-10)13-5-6(11)3-9/h6-9,11H,1-3,5H2. The van der Waals surface area contributed by atoms with Gasteiger partial charge in [0, 0.05) is 0 Å². The molecule has 13 heavy (non-hydrogen) atoms. The van der Waals surface area contributed by atoms with Crippen molar-refractivity contribution in [2.45, 2.75) is 12.4 Å². The molecule has 0 heterocycles. The van der Waals surface area contributed by atoms with Crippen LogP contribution in [0, 0.1) is 0 Å². The lowest BCUT2D eigenvalue weighted by Crippen LogP contribution is -2.27. The van der Waals surface area contributed by atoms with Gasteiger partial charge in [-0.2, -0.15) is 0 Å². The monoisotopic (exact) mass is 193 g/mol. The van der Waals surface area contributed by atoms with E-state index in [1.165, 1.54) is 6.29 Å². The molecule has 0 saturated carbocycles. The van der Waals surface area contributed by atoms with E-state index in [1.807, 2.05) is 0 Å². The van der Waals surface area contributed by atoms with Crippen LogP contribution in [0.25, 0.3) is 0 Å². The van der Waals surface area contributed by atoms with Crippen LogP contribution in [0.4, 0.5) is 0 Å². The van der Waals surface area contributed by atoms with Crippen molar-refractivity contribution in [3.8, 4) is 0 Å². The molecule has 0 rings (SSSR count). The summed E-state index contributed by atoms with van der Waals surface area (Å²) in [6, 6.07) is 0. The van der Waals surface area contributed by atoms with Gasteiger partial charge in [-0.25, -0.2) is 0 Å². The molecular weight excluding hydrogens is 180 g/mol. The van der Waals surface area contributed by atoms with Crippen LogP contribution in [0.2, 0.25) is 0 Å². The SMILES string of the molecule is O=[C]C(OCCO)OCC(O)CO. The predicted octanol–water partition coefficient (Wildman–Crippen LogP) is -2.20. The maximum absolute atomic E-state index is 10.1. The smallest absolute Gasteiger partial charge is 0.259 e. The van der Waals surface area contributed by atoms with Gasteiger partial charge in [-0.3, -0.25) is 4.79 Å². The van der Waals surface area contributed by atoms with Crippen LogP contribution in [-0.4, -0.2) is 60.4 Å². The van der Waals surface area contributed by atoms with Gasteiger partial charge >= 0.3 is 0 Å². The molecule has 1 radical (unpaired) electrons. The molecule has 6 nitrogen and oxygen atoms in total. The number of aliphatic hydroxyl groups is 3. The molecule has 0 aliphatic carbocycles. The fourth-order valence-electron chi connectivity index (χ4n) is 0.527. The van der Waals surface area contributed by atoms with Crippen LogP contribution < -0.4 is 0 Å². The summed E-state index contributed by atoms with van der Waals surface area (Å²) < 4.78 is 9.33. The fourth-order valence-corrected chi connectivity index (χ4v) is 0.527. The van der Waals surface area contributed by atoms with Crippen molar-refractivity contribution in [3.63, 3.8) is 0 Å². The van der Waals surface area contributed by atoms with Crippen molar-refractivity contribution < 1.29 is 29.6 Å². The highest BCUT2D eigenvalue weighted by molar-refractivity contribution is 5.54. The Balaban J connectivity index is 3.52. The van der Waals surface area contributed by atoms with Gasteiger partial charge < -0.3 is 24.8 Å². The first-order valence-corrected chi connectivity index (χ1v) is 3.75. The summed E-state index contributed by atoms with van der Waals surface area (Å²) in [5.41, 5.74) is 0. The largest absolute Gasteiger partial charge is 0.394 e. The Hall–Kier alpha value is -0.530. The molecule has 2 atom stereocenters. The van der Waals surface area contributed by atoms with Crippen LogP contribution in [-0.2, 0) is 14.3 Å². The first-order valence-electron chi connectivity index (χ1n) is 3.75. The van der Waals surface area contributed by atoms with E-state index in [4.69, 9.17) is 15.3 Å². The summed E-state index contributed by atoms with van der Waals surface area (Å²) in [7, 11) is 0. The van der Waals surface area contributed by atoms with Crippen LogP contribution in [0.15, 0.2) is 0 Å². The minimum Gasteiger partial charge on any atom is -0.394 e. The van der Waals surface area contributed by atoms with Gasteiger partial charge in [0.15, 0.2) is 0 Å². The number of hydrogen-bond acceptors (Lipinski definition) is 6. The summed E-state index contributed by atoms with van der Waals surface area (Å²) in [4.78, 5) is 10.1. The molecule has 0 aromatic carbocycles. The normalized spacial score (nSPS) is 15.3. The quantitative estimate of drug-likeness (QED) is 0.379. The van der Waals surface area contributed by atoms with Crippen molar-refractivity contribution >= 4 is 6.29 Å². The summed E-state index contributed by atoms with van der Waals surface area (Å²) in [6.07, 6.45) is -0.858. The van der Waals surface area contributed by atoms with Crippen LogP contribution >= 0.6 is 0 Å². The Morgan fingerprint density at radius 2 is 2.00 bits per heavy atom. The number of carbonyl (C=O) groups excluding carboxylic acids is 1. The zero-order chi connectivity index (χ0) is 10.1. The molecule has 0 saturated heterocycles. The van der Waals surface area contributed by atoms with E-state index < -0.39 is 19.0 Å². The molecular formula is C7H13O6. The summed E-state index contributed by atoms with van der Waals surface area (Å²) in [6.45, 7) is -0.952. The van der Waals surface area contributed by atoms with Crippen LogP contribution in [0.1, 0.15) is 0 Å². The number of ether oxygens (including phenoxy) is 2. The van der Waals surface area contributed by atoms with E-state index in [-0.39, 0.29) is 19.8 Å². The molecule has 2 unspecified atom stereocenters. The highest BCUT2D eigenvalue weighted by atomic mass is 16.7. The molecule has 0 aromatic heterocycles. The minimum atomic E-state index is -1.23. The van der Waals surface area contributed by atoms with Crippen LogP contribution in [0.5, 0.6) is 0 Å². The van der Waals surface area contributed by atoms with E-state index in [1.54, 1.807) is 0 Å². The minimum absolute atomic E-state index is 0.0465. The fraction of sp³-hybridized carbons (Fsp3) is 0.857. The highest BCUT2D eigenvalue weighted by Crippen LogP contribution is 1.93. The van der Waals surface area contributed by atoms with Gasteiger partial charge in [0.25, 0.3) is 6.29 Å². The third-order valence-corrected chi connectivity index (χ3v) is 1.11. The maximum Gasteiger partial charge on any atom is 0.259 e. The molecule has 3 N–H and O–H groups in total. The van der Waals surface area contributed by atoms with Crippen molar-refractivity contribution in [2.75, 3.05) is 26.4 Å². The van der Waals surface area contributed by atoms with Gasteiger partial charge in [0.1, 0.15) is 6.10 Å². The topological polar surface area (TPSA) is 96.2 Å². The Bertz CT molecular complexity index is 128. The Morgan fingerprint density at radius 1 is 1.31 bits per heavy atom. The van der Waals surface area contributed by atoms with Crippen molar-refractivity contribution in [1.29, 1.82) is 0 Å². The molecule has 0 spiro atoms. The van der Waals surface area contributed by atoms with Gasteiger partial charge in [-0.05, 0) is 0 Å². The second-order valence-corrected chi connectivity index (χ2v) is 2.21. The third kappa shape index (κ3) is 6.62. The van der Waals surface area contributed by atoms with E-state index in [0.29, 0.717) is 0 Å². The van der Waals surface area contributed by atoms with Crippen molar-refractivity contribution in [1.82, 2.24) is 0 Å². The molecule has 77 valence electrons. The Morgan fingerprint density at radius 3 is 2.46 bits per heavy atom. The number of aliphatic hydroxyl groups excluding tert-OH is 3. The van der Waals surface area contributed by atoms with Crippen LogP contribution in [0.3, 0.4) is 0 Å². The molecule has 0 aliphatic heterocycles. The molecule has 0 amide bonds.